The number of unbranched alkanes of at least 4 members (excludes halogenated alkanes) is 3. The summed E-state index contributed by atoms with van der Waals surface area (Å²) in [5, 5.41) is 19.8. The summed E-state index contributed by atoms with van der Waals surface area (Å²) < 4.78 is 0. The van der Waals surface area contributed by atoms with Gasteiger partial charge in [0.05, 0.1) is 6.61 Å². The predicted octanol–water partition coefficient (Wildman–Crippen LogP) is 0.655. The van der Waals surface area contributed by atoms with Crippen LogP contribution >= 0.6 is 0 Å². The highest BCUT2D eigenvalue weighted by Crippen LogP contribution is 2.02. The molecule has 0 fully saturated rings. The summed E-state index contributed by atoms with van der Waals surface area (Å²) in [6.07, 6.45) is 3.53. The molecule has 0 saturated carbocycles. The zero-order valence-electron chi connectivity index (χ0n) is 10.3. The lowest BCUT2D eigenvalue weighted by Gasteiger charge is -2.16. The molecule has 0 bridgehead atoms. The maximum absolute atomic E-state index is 11.3. The fourth-order valence-electron chi connectivity index (χ4n) is 1.34. The van der Waals surface area contributed by atoms with Gasteiger partial charge in [0.25, 0.3) is 0 Å². The summed E-state index contributed by atoms with van der Waals surface area (Å²) in [5.41, 5.74) is 0. The Morgan fingerprint density at radius 1 is 1.18 bits per heavy atom. The van der Waals surface area contributed by atoms with Crippen LogP contribution in [0.3, 0.4) is 0 Å². The second-order valence-corrected chi connectivity index (χ2v) is 3.94. The van der Waals surface area contributed by atoms with Crippen LogP contribution < -0.4 is 5.32 Å². The Labute approximate surface area is 102 Å². The first-order chi connectivity index (χ1) is 8.07. The Morgan fingerprint density at radius 3 is 2.41 bits per heavy atom. The van der Waals surface area contributed by atoms with Gasteiger partial charge in [-0.15, -0.1) is 0 Å². The van der Waals surface area contributed by atoms with Gasteiger partial charge in [-0.1, -0.05) is 12.8 Å². The maximum atomic E-state index is 11.3. The van der Waals surface area contributed by atoms with Crippen LogP contribution in [-0.2, 0) is 4.79 Å². The van der Waals surface area contributed by atoms with E-state index in [0.29, 0.717) is 19.5 Å². The summed E-state index contributed by atoms with van der Waals surface area (Å²) in [7, 11) is 1.62. The van der Waals surface area contributed by atoms with E-state index in [0.717, 1.165) is 19.3 Å². The number of carbonyl (C=O) groups is 2. The third-order valence-electron chi connectivity index (χ3n) is 2.38. The Kier molecular flexibility index (Phi) is 9.14. The summed E-state index contributed by atoms with van der Waals surface area (Å²) in [6.45, 7) is 0.866. The number of aliphatic hydroxyl groups is 1. The number of amides is 2. The standard InChI is InChI=1S/C11H22N2O4/c1-13(8-9-14)11(17)12-7-5-3-2-4-6-10(15)16/h14H,2-9H2,1H3,(H,12,17)(H,15,16). The number of hydrogen-bond acceptors (Lipinski definition) is 3. The average molecular weight is 246 g/mol. The maximum Gasteiger partial charge on any atom is 0.317 e. The molecule has 0 heterocycles. The first kappa shape index (κ1) is 15.7. The van der Waals surface area contributed by atoms with Crippen molar-refractivity contribution in [1.82, 2.24) is 10.2 Å². The highest BCUT2D eigenvalue weighted by molar-refractivity contribution is 5.73. The molecule has 0 spiro atoms. The summed E-state index contributed by atoms with van der Waals surface area (Å²) in [5.74, 6) is -0.760. The molecule has 0 atom stereocenters. The van der Waals surface area contributed by atoms with Crippen molar-refractivity contribution in [2.24, 2.45) is 0 Å². The number of carboxylic acids is 1. The molecule has 0 aromatic rings. The van der Waals surface area contributed by atoms with E-state index in [4.69, 9.17) is 10.2 Å². The Morgan fingerprint density at radius 2 is 1.82 bits per heavy atom. The van der Waals surface area contributed by atoms with Gasteiger partial charge in [-0.2, -0.15) is 0 Å². The third-order valence-corrected chi connectivity index (χ3v) is 2.38. The highest BCUT2D eigenvalue weighted by atomic mass is 16.4. The van der Waals surface area contributed by atoms with Crippen molar-refractivity contribution in [1.29, 1.82) is 0 Å². The van der Waals surface area contributed by atoms with E-state index in [2.05, 4.69) is 5.32 Å². The van der Waals surface area contributed by atoms with E-state index < -0.39 is 5.97 Å². The van der Waals surface area contributed by atoms with Gasteiger partial charge in [0, 0.05) is 26.6 Å². The van der Waals surface area contributed by atoms with E-state index in [9.17, 15) is 9.59 Å². The van der Waals surface area contributed by atoms with Crippen LogP contribution in [0.15, 0.2) is 0 Å². The van der Waals surface area contributed by atoms with E-state index in [-0.39, 0.29) is 19.1 Å². The molecule has 0 aromatic heterocycles. The smallest absolute Gasteiger partial charge is 0.317 e. The molecule has 17 heavy (non-hydrogen) atoms. The number of nitrogens with one attached hydrogen (secondary N) is 1. The number of aliphatic carboxylic acids is 1. The quantitative estimate of drug-likeness (QED) is 0.521. The Bertz CT molecular complexity index is 234. The summed E-state index contributed by atoms with van der Waals surface area (Å²) in [6, 6.07) is -0.190. The fraction of sp³-hybridized carbons (Fsp3) is 0.818. The van der Waals surface area contributed by atoms with Crippen molar-refractivity contribution in [3.8, 4) is 0 Å². The fourth-order valence-corrected chi connectivity index (χ4v) is 1.34. The number of nitrogens with zero attached hydrogens (tertiary/aromatic N) is 1. The Hall–Kier alpha value is -1.30. The highest BCUT2D eigenvalue weighted by Gasteiger charge is 2.05. The minimum atomic E-state index is -0.760. The molecular weight excluding hydrogens is 224 g/mol. The third kappa shape index (κ3) is 9.62. The Balaban J connectivity index is 3.33. The first-order valence-electron chi connectivity index (χ1n) is 5.89. The van der Waals surface area contributed by atoms with Gasteiger partial charge in [-0.25, -0.2) is 4.79 Å². The number of likely N-dealkylation sites (N-methyl/N-ethyl adjacent to an activating group) is 1. The van der Waals surface area contributed by atoms with Crippen molar-refractivity contribution < 1.29 is 19.8 Å². The largest absolute Gasteiger partial charge is 0.481 e. The van der Waals surface area contributed by atoms with Crippen molar-refractivity contribution >= 4 is 12.0 Å². The minimum Gasteiger partial charge on any atom is -0.481 e. The van der Waals surface area contributed by atoms with Gasteiger partial charge in [0.1, 0.15) is 0 Å². The number of aliphatic hydroxyl groups excluding tert-OH is 1. The van der Waals surface area contributed by atoms with Crippen molar-refractivity contribution in [2.45, 2.75) is 32.1 Å². The molecule has 0 rings (SSSR count). The second kappa shape index (κ2) is 9.89. The zero-order chi connectivity index (χ0) is 13.1. The van der Waals surface area contributed by atoms with Crippen LogP contribution in [0, 0.1) is 0 Å². The average Bonchev–Trinajstić information content (AvgIpc) is 2.27. The second-order valence-electron chi connectivity index (χ2n) is 3.94. The SMILES string of the molecule is CN(CCO)C(=O)NCCCCCCC(=O)O. The minimum absolute atomic E-state index is 0.0426. The van der Waals surface area contributed by atoms with Crippen LogP contribution in [0.1, 0.15) is 32.1 Å². The lowest BCUT2D eigenvalue weighted by atomic mass is 10.1. The van der Waals surface area contributed by atoms with Crippen molar-refractivity contribution in [3.05, 3.63) is 0 Å². The van der Waals surface area contributed by atoms with Crippen LogP contribution in [0.2, 0.25) is 0 Å². The number of rotatable bonds is 9. The predicted molar refractivity (Wildman–Crippen MR) is 63.8 cm³/mol. The van der Waals surface area contributed by atoms with Crippen LogP contribution in [-0.4, -0.2) is 53.9 Å². The first-order valence-corrected chi connectivity index (χ1v) is 5.89. The monoisotopic (exact) mass is 246 g/mol. The topological polar surface area (TPSA) is 89.9 Å². The van der Waals surface area contributed by atoms with Gasteiger partial charge in [0.2, 0.25) is 0 Å². The van der Waals surface area contributed by atoms with Crippen LogP contribution in [0.25, 0.3) is 0 Å². The molecule has 0 aliphatic rings. The lowest BCUT2D eigenvalue weighted by Crippen LogP contribution is -2.39. The number of carbonyl (C=O) groups excluding carboxylic acids is 1. The van der Waals surface area contributed by atoms with E-state index in [1.165, 1.54) is 4.90 Å². The van der Waals surface area contributed by atoms with Crippen molar-refractivity contribution in [2.75, 3.05) is 26.7 Å². The number of carboxylic acid groups (broad SMARTS) is 1. The van der Waals surface area contributed by atoms with Crippen molar-refractivity contribution in [3.63, 3.8) is 0 Å². The molecule has 6 heteroatoms. The lowest BCUT2D eigenvalue weighted by molar-refractivity contribution is -0.137. The molecule has 0 aromatic carbocycles. The molecule has 3 N–H and O–H groups in total. The van der Waals surface area contributed by atoms with Crippen LogP contribution in [0.4, 0.5) is 4.79 Å². The van der Waals surface area contributed by atoms with E-state index in [1.807, 2.05) is 0 Å². The molecule has 0 radical (unpaired) electrons. The van der Waals surface area contributed by atoms with Gasteiger partial charge in [0.15, 0.2) is 0 Å². The number of urea groups is 1. The molecule has 2 amide bonds. The zero-order valence-corrected chi connectivity index (χ0v) is 10.3. The van der Waals surface area contributed by atoms with E-state index >= 15 is 0 Å². The van der Waals surface area contributed by atoms with Gasteiger partial charge < -0.3 is 20.4 Å². The van der Waals surface area contributed by atoms with Gasteiger partial charge in [-0.3, -0.25) is 4.79 Å². The van der Waals surface area contributed by atoms with E-state index in [1.54, 1.807) is 7.05 Å². The number of hydrogen-bond donors (Lipinski definition) is 3. The molecule has 6 nitrogen and oxygen atoms in total. The molecule has 0 aliphatic heterocycles. The molecule has 100 valence electrons. The summed E-state index contributed by atoms with van der Waals surface area (Å²) in [4.78, 5) is 23.0. The molecule has 0 aliphatic carbocycles. The van der Waals surface area contributed by atoms with Gasteiger partial charge in [-0.05, 0) is 12.8 Å². The summed E-state index contributed by atoms with van der Waals surface area (Å²) >= 11 is 0. The normalized spacial score (nSPS) is 10.0. The van der Waals surface area contributed by atoms with Crippen LogP contribution in [0.5, 0.6) is 0 Å². The molecule has 0 unspecified atom stereocenters. The molecular formula is C11H22N2O4. The molecule has 0 saturated heterocycles. The van der Waals surface area contributed by atoms with Gasteiger partial charge >= 0.3 is 12.0 Å².